The quantitative estimate of drug-likeness (QED) is 0.765. The molecule has 0 saturated carbocycles. The lowest BCUT2D eigenvalue weighted by atomic mass is 10.1. The maximum Gasteiger partial charge on any atom is 0.326 e. The Hall–Kier alpha value is -2.44. The van der Waals surface area contributed by atoms with Gasteiger partial charge in [-0.2, -0.15) is 5.10 Å². The molecular formula is C18H26N4O3. The second kappa shape index (κ2) is 8.09. The fourth-order valence-corrected chi connectivity index (χ4v) is 2.73. The molecule has 0 aliphatic rings. The molecule has 136 valence electrons. The number of rotatable bonds is 8. The van der Waals surface area contributed by atoms with E-state index in [1.807, 2.05) is 25.5 Å². The van der Waals surface area contributed by atoms with Crippen molar-refractivity contribution in [3.05, 3.63) is 23.5 Å². The summed E-state index contributed by atoms with van der Waals surface area (Å²) in [6.07, 6.45) is 4.56. The number of carbonyl (C=O) groups excluding carboxylic acids is 1. The van der Waals surface area contributed by atoms with Crippen LogP contribution in [0.3, 0.4) is 0 Å². The van der Waals surface area contributed by atoms with E-state index in [1.165, 1.54) is 0 Å². The van der Waals surface area contributed by atoms with Crippen LogP contribution in [0.15, 0.2) is 12.3 Å². The number of aliphatic carboxylic acids is 1. The topological polar surface area (TPSA) is 97.1 Å². The summed E-state index contributed by atoms with van der Waals surface area (Å²) in [5.41, 5.74) is 1.77. The van der Waals surface area contributed by atoms with Crippen molar-refractivity contribution in [3.8, 4) is 0 Å². The Bertz CT molecular complexity index is 769. The van der Waals surface area contributed by atoms with Crippen LogP contribution in [0.2, 0.25) is 0 Å². The lowest BCUT2D eigenvalue weighted by Gasteiger charge is -2.15. The van der Waals surface area contributed by atoms with Gasteiger partial charge >= 0.3 is 5.97 Å². The monoisotopic (exact) mass is 346 g/mol. The van der Waals surface area contributed by atoms with E-state index in [2.05, 4.69) is 22.3 Å². The highest BCUT2D eigenvalue weighted by Crippen LogP contribution is 2.22. The van der Waals surface area contributed by atoms with Gasteiger partial charge in [-0.05, 0) is 32.8 Å². The molecule has 0 spiro atoms. The van der Waals surface area contributed by atoms with Crippen LogP contribution >= 0.6 is 0 Å². The van der Waals surface area contributed by atoms with E-state index in [1.54, 1.807) is 12.3 Å². The second-order valence-electron chi connectivity index (χ2n) is 6.40. The van der Waals surface area contributed by atoms with E-state index in [0.29, 0.717) is 28.7 Å². The van der Waals surface area contributed by atoms with E-state index < -0.39 is 17.9 Å². The van der Waals surface area contributed by atoms with Crippen LogP contribution in [0.25, 0.3) is 11.0 Å². The Balaban J connectivity index is 2.37. The van der Waals surface area contributed by atoms with Crippen molar-refractivity contribution in [1.82, 2.24) is 20.1 Å². The van der Waals surface area contributed by atoms with Gasteiger partial charge in [0.15, 0.2) is 5.65 Å². The molecule has 2 aromatic heterocycles. The largest absolute Gasteiger partial charge is 0.480 e. The number of pyridine rings is 1. The minimum Gasteiger partial charge on any atom is -0.480 e. The third kappa shape index (κ3) is 4.15. The first-order valence-electron chi connectivity index (χ1n) is 8.77. The Morgan fingerprint density at radius 2 is 2.08 bits per heavy atom. The third-order valence-electron chi connectivity index (χ3n) is 4.40. The van der Waals surface area contributed by atoms with E-state index in [0.717, 1.165) is 19.3 Å². The van der Waals surface area contributed by atoms with Crippen LogP contribution in [-0.4, -0.2) is 37.8 Å². The molecular weight excluding hydrogens is 320 g/mol. The molecule has 0 radical (unpaired) electrons. The standard InChI is InChI=1S/C18H26N4O3/c1-5-7-8-15(18(24)25)21-17(23)13-9-11(3)20-16-14(13)10-19-22(16)12(4)6-2/h9-10,12,15H,5-8H2,1-4H3,(H,21,23)(H,24,25)/t12?,15-/m0/s1. The van der Waals surface area contributed by atoms with Gasteiger partial charge in [0, 0.05) is 5.69 Å². The van der Waals surface area contributed by atoms with Crippen LogP contribution in [0.4, 0.5) is 0 Å². The van der Waals surface area contributed by atoms with E-state index >= 15 is 0 Å². The number of hydrogen-bond acceptors (Lipinski definition) is 4. The molecule has 0 aromatic carbocycles. The minimum atomic E-state index is -1.01. The lowest BCUT2D eigenvalue weighted by molar-refractivity contribution is -0.139. The fourth-order valence-electron chi connectivity index (χ4n) is 2.73. The summed E-state index contributed by atoms with van der Waals surface area (Å²) >= 11 is 0. The summed E-state index contributed by atoms with van der Waals surface area (Å²) in [5.74, 6) is -1.41. The van der Waals surface area contributed by atoms with Crippen LogP contribution in [0, 0.1) is 6.92 Å². The highest BCUT2D eigenvalue weighted by molar-refractivity contribution is 6.06. The Labute approximate surface area is 147 Å². The smallest absolute Gasteiger partial charge is 0.326 e. The van der Waals surface area contributed by atoms with Crippen LogP contribution in [0.5, 0.6) is 0 Å². The maximum atomic E-state index is 12.7. The zero-order valence-corrected chi connectivity index (χ0v) is 15.2. The van der Waals surface area contributed by atoms with Gasteiger partial charge in [-0.25, -0.2) is 14.5 Å². The summed E-state index contributed by atoms with van der Waals surface area (Å²) in [7, 11) is 0. The molecule has 7 nitrogen and oxygen atoms in total. The van der Waals surface area contributed by atoms with Crippen molar-refractivity contribution in [1.29, 1.82) is 0 Å². The molecule has 0 bridgehead atoms. The van der Waals surface area contributed by atoms with Gasteiger partial charge in [0.1, 0.15) is 6.04 Å². The first-order chi connectivity index (χ1) is 11.9. The molecule has 0 aliphatic heterocycles. The number of carboxylic acid groups (broad SMARTS) is 1. The fraction of sp³-hybridized carbons (Fsp3) is 0.556. The zero-order valence-electron chi connectivity index (χ0n) is 15.2. The molecule has 1 unspecified atom stereocenters. The molecule has 25 heavy (non-hydrogen) atoms. The predicted octanol–water partition coefficient (Wildman–Crippen LogP) is 3.08. The Kier molecular flexibility index (Phi) is 6.12. The lowest BCUT2D eigenvalue weighted by Crippen LogP contribution is -2.40. The maximum absolute atomic E-state index is 12.7. The molecule has 0 saturated heterocycles. The van der Waals surface area contributed by atoms with Gasteiger partial charge in [0.05, 0.1) is 23.2 Å². The van der Waals surface area contributed by atoms with Gasteiger partial charge in [-0.15, -0.1) is 0 Å². The zero-order chi connectivity index (χ0) is 18.6. The first kappa shape index (κ1) is 18.9. The van der Waals surface area contributed by atoms with Crippen molar-refractivity contribution in [2.75, 3.05) is 0 Å². The molecule has 2 heterocycles. The van der Waals surface area contributed by atoms with Crippen LogP contribution in [-0.2, 0) is 4.79 Å². The highest BCUT2D eigenvalue weighted by atomic mass is 16.4. The van der Waals surface area contributed by atoms with Crippen LogP contribution in [0.1, 0.15) is 68.5 Å². The second-order valence-corrected chi connectivity index (χ2v) is 6.40. The molecule has 0 fully saturated rings. The number of carboxylic acids is 1. The number of nitrogens with one attached hydrogen (secondary N) is 1. The van der Waals surface area contributed by atoms with Crippen molar-refractivity contribution < 1.29 is 14.7 Å². The Morgan fingerprint density at radius 1 is 1.36 bits per heavy atom. The van der Waals surface area contributed by atoms with Gasteiger partial charge in [0.2, 0.25) is 0 Å². The van der Waals surface area contributed by atoms with Crippen molar-refractivity contribution in [3.63, 3.8) is 0 Å². The average molecular weight is 346 g/mol. The molecule has 1 amide bonds. The number of aromatic nitrogens is 3. The summed E-state index contributed by atoms with van der Waals surface area (Å²) in [5, 5.41) is 17.0. The molecule has 2 rings (SSSR count). The molecule has 0 aliphatic carbocycles. The number of aryl methyl sites for hydroxylation is 1. The summed E-state index contributed by atoms with van der Waals surface area (Å²) < 4.78 is 1.81. The number of fused-ring (bicyclic) bond motifs is 1. The summed E-state index contributed by atoms with van der Waals surface area (Å²) in [6, 6.07) is 0.957. The van der Waals surface area contributed by atoms with E-state index in [4.69, 9.17) is 0 Å². The normalized spacial score (nSPS) is 13.6. The summed E-state index contributed by atoms with van der Waals surface area (Å²) in [6.45, 7) is 7.91. The summed E-state index contributed by atoms with van der Waals surface area (Å²) in [4.78, 5) is 28.6. The van der Waals surface area contributed by atoms with Crippen LogP contribution < -0.4 is 5.32 Å². The molecule has 2 atom stereocenters. The van der Waals surface area contributed by atoms with E-state index in [9.17, 15) is 14.7 Å². The number of carbonyl (C=O) groups is 2. The molecule has 2 N–H and O–H groups in total. The number of hydrogen-bond donors (Lipinski definition) is 2. The first-order valence-corrected chi connectivity index (χ1v) is 8.77. The minimum absolute atomic E-state index is 0.166. The molecule has 7 heteroatoms. The predicted molar refractivity (Wildman–Crippen MR) is 95.7 cm³/mol. The number of amides is 1. The van der Waals surface area contributed by atoms with E-state index in [-0.39, 0.29) is 6.04 Å². The average Bonchev–Trinajstić information content (AvgIpc) is 3.00. The third-order valence-corrected chi connectivity index (χ3v) is 4.40. The van der Waals surface area contributed by atoms with Gasteiger partial charge < -0.3 is 10.4 Å². The van der Waals surface area contributed by atoms with Crippen molar-refractivity contribution in [2.24, 2.45) is 0 Å². The van der Waals surface area contributed by atoms with Crippen molar-refractivity contribution >= 4 is 22.9 Å². The Morgan fingerprint density at radius 3 is 2.68 bits per heavy atom. The highest BCUT2D eigenvalue weighted by Gasteiger charge is 2.23. The number of nitrogens with zero attached hydrogens (tertiary/aromatic N) is 3. The SMILES string of the molecule is CCCC[C@H](NC(=O)c1cc(C)nc2c1cnn2C(C)CC)C(=O)O. The van der Waals surface area contributed by atoms with Gasteiger partial charge in [-0.1, -0.05) is 26.7 Å². The molecule has 2 aromatic rings. The van der Waals surface area contributed by atoms with Gasteiger partial charge in [-0.3, -0.25) is 4.79 Å². The number of unbranched alkanes of at least 4 members (excludes halogenated alkanes) is 1. The van der Waals surface area contributed by atoms with Gasteiger partial charge in [0.25, 0.3) is 5.91 Å². The van der Waals surface area contributed by atoms with Crippen molar-refractivity contribution in [2.45, 2.75) is 65.5 Å².